The smallest absolute Gasteiger partial charge is 0.408 e. The van der Waals surface area contributed by atoms with E-state index in [0.717, 1.165) is 31.1 Å². The number of nitrogens with zero attached hydrogens (tertiary/aromatic N) is 4. The maximum absolute atomic E-state index is 14.8. The second-order valence-corrected chi connectivity index (χ2v) is 20.4. The molecule has 16 nitrogen and oxygen atoms in total. The Labute approximate surface area is 377 Å². The van der Waals surface area contributed by atoms with Crippen LogP contribution in [0.3, 0.4) is 0 Å². The molecule has 1 aromatic carbocycles. The summed E-state index contributed by atoms with van der Waals surface area (Å²) in [5, 5.41) is 22.8. The zero-order valence-electron chi connectivity index (χ0n) is 36.9. The number of pyridine rings is 1. The molecular formula is C45H60ClN7O9S. The summed E-state index contributed by atoms with van der Waals surface area (Å²) in [5.41, 5.74) is -0.500. The number of carboxylic acids is 1. The fraction of sp³-hybridized carbons (Fsp3) is 0.644. The number of benzene rings is 1. The Morgan fingerprint density at radius 3 is 2.44 bits per heavy atom. The van der Waals surface area contributed by atoms with Gasteiger partial charge in [0, 0.05) is 48.9 Å². The highest BCUT2D eigenvalue weighted by molar-refractivity contribution is 7.14. The minimum atomic E-state index is -1.42. The molecule has 4 N–H and O–H groups in total. The molecule has 3 amide bonds. The Kier molecular flexibility index (Phi) is 13.0. The Morgan fingerprint density at radius 1 is 1.03 bits per heavy atom. The first kappa shape index (κ1) is 45.1. The zero-order valence-corrected chi connectivity index (χ0v) is 38.5. The predicted molar refractivity (Wildman–Crippen MR) is 238 cm³/mol. The number of carbonyl (C=O) groups is 4. The van der Waals surface area contributed by atoms with Gasteiger partial charge in [-0.3, -0.25) is 14.5 Å². The van der Waals surface area contributed by atoms with E-state index in [2.05, 4.69) is 20.9 Å². The minimum Gasteiger partial charge on any atom is -0.490 e. The number of alkyl carbamates (subject to hydrolysis) is 1. The van der Waals surface area contributed by atoms with E-state index in [0.29, 0.717) is 89.9 Å². The van der Waals surface area contributed by atoms with E-state index in [1.54, 1.807) is 6.07 Å². The number of anilines is 1. The minimum absolute atomic E-state index is 0.0310. The molecule has 5 fully saturated rings. The SMILES string of the molecule is CC[C@@H]1C[C@]1(NC(=O)[C@@H]1C[C@@H](Oc2cc(OCCN3CCOCC3)c(Cl)c3nc(-c4csc(NC(C)C)n4)ccc23)CN1C(=O)[C@@H](NC(=O)OC1C[C@@H]2C[C@@H]2C1)C(C)(C)C)C(=O)O. The van der Waals surface area contributed by atoms with Gasteiger partial charge < -0.3 is 44.9 Å². The monoisotopic (exact) mass is 909 g/mol. The van der Waals surface area contributed by atoms with Gasteiger partial charge >= 0.3 is 12.1 Å². The van der Waals surface area contributed by atoms with Crippen LogP contribution in [0, 0.1) is 23.2 Å². The number of halogens is 1. The number of aromatic nitrogens is 2. The number of carboxylic acid groups (broad SMARTS) is 1. The molecule has 0 bridgehead atoms. The third-order valence-electron chi connectivity index (χ3n) is 13.1. The fourth-order valence-corrected chi connectivity index (χ4v) is 10.5. The van der Waals surface area contributed by atoms with Crippen molar-refractivity contribution in [2.24, 2.45) is 23.2 Å². The van der Waals surface area contributed by atoms with Crippen molar-refractivity contribution < 1.29 is 43.2 Å². The molecule has 5 aliphatic rings. The lowest BCUT2D eigenvalue weighted by atomic mass is 9.85. The van der Waals surface area contributed by atoms with Crippen molar-refractivity contribution in [1.82, 2.24) is 30.4 Å². The fourth-order valence-electron chi connectivity index (χ4n) is 9.38. The molecule has 8 rings (SSSR count). The van der Waals surface area contributed by atoms with Crippen LogP contribution in [0.1, 0.15) is 80.1 Å². The van der Waals surface area contributed by atoms with Crippen molar-refractivity contribution >= 4 is 62.8 Å². The van der Waals surface area contributed by atoms with Crippen molar-refractivity contribution in [3.63, 3.8) is 0 Å². The molecule has 2 aliphatic heterocycles. The van der Waals surface area contributed by atoms with Crippen LogP contribution >= 0.6 is 22.9 Å². The van der Waals surface area contributed by atoms with Gasteiger partial charge in [0.25, 0.3) is 0 Å². The van der Waals surface area contributed by atoms with Crippen LogP contribution < -0.4 is 25.4 Å². The second-order valence-electron chi connectivity index (χ2n) is 19.2. The summed E-state index contributed by atoms with van der Waals surface area (Å²) in [7, 11) is 0. The van der Waals surface area contributed by atoms with Gasteiger partial charge in [0.15, 0.2) is 5.13 Å². The van der Waals surface area contributed by atoms with E-state index in [9.17, 15) is 24.3 Å². The summed E-state index contributed by atoms with van der Waals surface area (Å²) in [6.45, 7) is 15.3. The van der Waals surface area contributed by atoms with Crippen molar-refractivity contribution in [3.8, 4) is 22.9 Å². The third-order valence-corrected chi connectivity index (χ3v) is 14.3. The number of hydrogen-bond donors (Lipinski definition) is 4. The lowest BCUT2D eigenvalue weighted by Crippen LogP contribution is -2.59. The summed E-state index contributed by atoms with van der Waals surface area (Å²) < 4.78 is 24.4. The number of nitrogens with one attached hydrogen (secondary N) is 3. The molecule has 3 saturated carbocycles. The summed E-state index contributed by atoms with van der Waals surface area (Å²) in [6.07, 6.45) is 2.11. The molecule has 8 atom stereocenters. The number of thiazole rings is 1. The van der Waals surface area contributed by atoms with Gasteiger partial charge in [-0.2, -0.15) is 0 Å². The predicted octanol–water partition coefficient (Wildman–Crippen LogP) is 6.20. The Morgan fingerprint density at radius 2 is 1.78 bits per heavy atom. The van der Waals surface area contributed by atoms with Gasteiger partial charge in [-0.05, 0) is 74.8 Å². The largest absolute Gasteiger partial charge is 0.490 e. The van der Waals surface area contributed by atoms with Crippen LogP contribution in [-0.4, -0.2) is 131 Å². The molecule has 63 heavy (non-hydrogen) atoms. The molecule has 3 aliphatic carbocycles. The highest BCUT2D eigenvalue weighted by Gasteiger charge is 2.61. The van der Waals surface area contributed by atoms with Crippen molar-refractivity contribution in [2.45, 2.75) is 116 Å². The van der Waals surface area contributed by atoms with E-state index in [-0.39, 0.29) is 31.0 Å². The van der Waals surface area contributed by atoms with Crippen LogP contribution in [0.5, 0.6) is 11.5 Å². The number of morpholine rings is 1. The van der Waals surface area contributed by atoms with E-state index in [4.69, 9.17) is 40.5 Å². The van der Waals surface area contributed by atoms with Crippen LogP contribution in [-0.2, 0) is 23.9 Å². The Bertz CT molecular complexity index is 2200. The van der Waals surface area contributed by atoms with E-state index in [1.807, 2.05) is 59.1 Å². The first-order valence-corrected chi connectivity index (χ1v) is 23.6. The molecule has 1 unspecified atom stereocenters. The summed E-state index contributed by atoms with van der Waals surface area (Å²) >= 11 is 8.59. The number of rotatable bonds is 16. The zero-order chi connectivity index (χ0) is 44.8. The van der Waals surface area contributed by atoms with Gasteiger partial charge in [0.05, 0.1) is 31.0 Å². The number of hydrogen-bond acceptors (Lipinski definition) is 13. The number of carbonyl (C=O) groups excluding carboxylic acids is 3. The third kappa shape index (κ3) is 9.96. The molecule has 342 valence electrons. The maximum atomic E-state index is 14.8. The van der Waals surface area contributed by atoms with Gasteiger partial charge in [-0.25, -0.2) is 19.6 Å². The highest BCUT2D eigenvalue weighted by Crippen LogP contribution is 2.52. The summed E-state index contributed by atoms with van der Waals surface area (Å²) in [4.78, 5) is 68.4. The van der Waals surface area contributed by atoms with Crippen LogP contribution in [0.15, 0.2) is 23.6 Å². The van der Waals surface area contributed by atoms with E-state index < -0.39 is 53.0 Å². The number of fused-ring (bicyclic) bond motifs is 2. The molecule has 0 spiro atoms. The maximum Gasteiger partial charge on any atom is 0.408 e. The average molecular weight is 911 g/mol. The van der Waals surface area contributed by atoms with Gasteiger partial charge in [0.2, 0.25) is 11.8 Å². The van der Waals surface area contributed by atoms with Crippen molar-refractivity contribution in [2.75, 3.05) is 51.3 Å². The van der Waals surface area contributed by atoms with Crippen molar-refractivity contribution in [1.29, 1.82) is 0 Å². The summed E-state index contributed by atoms with van der Waals surface area (Å²) in [6, 6.07) is 3.45. The first-order chi connectivity index (χ1) is 30.0. The number of likely N-dealkylation sites (tertiary alicyclic amines) is 1. The Hall–Kier alpha value is -4.45. The molecular weight excluding hydrogens is 850 g/mol. The van der Waals surface area contributed by atoms with Gasteiger partial charge in [-0.15, -0.1) is 11.3 Å². The first-order valence-electron chi connectivity index (χ1n) is 22.3. The van der Waals surface area contributed by atoms with Crippen LogP contribution in [0.25, 0.3) is 22.3 Å². The highest BCUT2D eigenvalue weighted by atomic mass is 35.5. The van der Waals surface area contributed by atoms with Crippen LogP contribution in [0.4, 0.5) is 9.93 Å². The van der Waals surface area contributed by atoms with Gasteiger partial charge in [-0.1, -0.05) is 45.7 Å². The van der Waals surface area contributed by atoms with Gasteiger partial charge in [0.1, 0.15) is 58.7 Å². The molecule has 2 saturated heterocycles. The average Bonchev–Trinajstić information content (AvgIpc) is 3.91. The van der Waals surface area contributed by atoms with E-state index >= 15 is 0 Å². The molecule has 4 heterocycles. The molecule has 2 aromatic heterocycles. The molecule has 3 aromatic rings. The number of ether oxygens (including phenoxy) is 4. The quantitative estimate of drug-likeness (QED) is 0.127. The normalized spacial score (nSPS) is 27.1. The lowest BCUT2D eigenvalue weighted by Gasteiger charge is -2.35. The standard InChI is InChI=1S/C45H60ClN7O9S/c1-7-27-21-45(27,41(56)57)51-39(54)33-19-29(22-53(33)40(55)38(44(4,5)6)50-43(58)62-28-17-25-16-26(25)18-28)61-34-20-35(60-15-12-52-10-13-59-14-11-52)36(46)37-30(34)8-9-31(48-37)32-23-63-42(49-32)47-24(2)3/h8-9,20,23-29,33,38H,7,10-19,21-22H2,1-6H3,(H,47,49)(H,50,58)(H,51,54)(H,56,57)/t25-,26+,27-,28?,29-,33+,38-,45-/m1/s1. The lowest BCUT2D eigenvalue weighted by molar-refractivity contribution is -0.146. The van der Waals surface area contributed by atoms with Crippen molar-refractivity contribution in [3.05, 3.63) is 28.6 Å². The molecule has 0 radical (unpaired) electrons. The Balaban J connectivity index is 1.09. The topological polar surface area (TPSA) is 194 Å². The van der Waals surface area contributed by atoms with E-state index in [1.165, 1.54) is 22.7 Å². The number of amides is 3. The number of aliphatic carboxylic acids is 1. The second kappa shape index (κ2) is 18.2. The summed E-state index contributed by atoms with van der Waals surface area (Å²) in [5.74, 6) is -0.504. The molecule has 18 heteroatoms. The van der Waals surface area contributed by atoms with Crippen LogP contribution in [0.2, 0.25) is 5.02 Å².